The molecule has 7 nitrogen and oxygen atoms in total. The average Bonchev–Trinajstić information content (AvgIpc) is 2.95. The molecule has 25 heavy (non-hydrogen) atoms. The van der Waals surface area contributed by atoms with Gasteiger partial charge in [-0.3, -0.25) is 4.79 Å². The van der Waals surface area contributed by atoms with Gasteiger partial charge < -0.3 is 26.2 Å². The van der Waals surface area contributed by atoms with E-state index >= 15 is 0 Å². The van der Waals surface area contributed by atoms with Crippen LogP contribution in [0, 0.1) is 5.92 Å². The third-order valence-corrected chi connectivity index (χ3v) is 6.93. The van der Waals surface area contributed by atoms with Gasteiger partial charge in [-0.2, -0.15) is 0 Å². The molecular weight excluding hydrogens is 338 g/mol. The van der Waals surface area contributed by atoms with Crippen LogP contribution >= 0.6 is 11.8 Å². The van der Waals surface area contributed by atoms with Crippen LogP contribution in [0.5, 0.6) is 0 Å². The molecule has 3 saturated heterocycles. The normalized spacial score (nSPS) is 34.8. The molecular formula is C17H27N5O2S. The number of rotatable bonds is 3. The Hall–Kier alpha value is -1.25. The molecule has 3 fully saturated rings. The Labute approximate surface area is 152 Å². The van der Waals surface area contributed by atoms with Crippen LogP contribution in [-0.2, 0) is 4.79 Å². The first-order valence-electron chi connectivity index (χ1n) is 9.31. The summed E-state index contributed by atoms with van der Waals surface area (Å²) in [6, 6.07) is 0.428. The van der Waals surface area contributed by atoms with E-state index in [1.807, 2.05) is 4.90 Å². The quantitative estimate of drug-likeness (QED) is 0.587. The maximum absolute atomic E-state index is 12.9. The zero-order valence-electron chi connectivity index (χ0n) is 14.8. The third-order valence-electron chi connectivity index (χ3n) is 5.58. The molecule has 4 rings (SSSR count). The van der Waals surface area contributed by atoms with E-state index in [9.17, 15) is 9.59 Å². The molecule has 138 valence electrons. The van der Waals surface area contributed by atoms with Crippen molar-refractivity contribution < 1.29 is 9.59 Å². The summed E-state index contributed by atoms with van der Waals surface area (Å²) >= 11 is 1.58. The Balaban J connectivity index is 1.58. The highest BCUT2D eigenvalue weighted by Crippen LogP contribution is 2.47. The smallest absolute Gasteiger partial charge is 0.322 e. The third kappa shape index (κ3) is 3.04. The van der Waals surface area contributed by atoms with Gasteiger partial charge in [0.2, 0.25) is 0 Å². The number of hydrogen-bond donors (Lipinski definition) is 4. The molecule has 0 saturated carbocycles. The Bertz CT molecular complexity index is 602. The Morgan fingerprint density at radius 1 is 1.32 bits per heavy atom. The van der Waals surface area contributed by atoms with Crippen molar-refractivity contribution in [3.8, 4) is 0 Å². The van der Waals surface area contributed by atoms with Crippen LogP contribution in [0.3, 0.4) is 0 Å². The average molecular weight is 366 g/mol. The van der Waals surface area contributed by atoms with Crippen LogP contribution in [0.1, 0.15) is 33.1 Å². The number of carbonyl (C=O) groups excluding carboxylic acids is 2. The van der Waals surface area contributed by atoms with Gasteiger partial charge in [-0.1, -0.05) is 11.8 Å². The maximum atomic E-state index is 12.9. The van der Waals surface area contributed by atoms with E-state index in [4.69, 9.17) is 0 Å². The first-order valence-corrected chi connectivity index (χ1v) is 10.2. The molecule has 0 aromatic heterocycles. The number of carbonyl (C=O) groups is 2. The summed E-state index contributed by atoms with van der Waals surface area (Å²) in [7, 11) is 0. The van der Waals surface area contributed by atoms with Crippen LogP contribution in [0.15, 0.2) is 10.6 Å². The Kier molecular flexibility index (Phi) is 4.68. The Morgan fingerprint density at radius 3 is 2.88 bits per heavy atom. The second-order valence-corrected chi connectivity index (χ2v) is 8.72. The molecule has 4 N–H and O–H groups in total. The Morgan fingerprint density at radius 2 is 2.16 bits per heavy atom. The van der Waals surface area contributed by atoms with E-state index in [0.717, 1.165) is 44.6 Å². The van der Waals surface area contributed by atoms with Crippen molar-refractivity contribution in [3.05, 3.63) is 10.6 Å². The topological polar surface area (TPSA) is 85.5 Å². The standard InChI is InChI=1S/C17H27N5O2S/c1-9(2)22-11-5-7-19-16-12(11)13(21-17(22)24)14(25-16)15(23)20-10-4-3-6-18-8-10/h9-12,16,18-19H,3-8H2,1-2H3,(H,20,23)(H,21,24)/t10-,11?,12?,16?/m1/s1. The lowest BCUT2D eigenvalue weighted by atomic mass is 9.86. The van der Waals surface area contributed by atoms with Crippen molar-refractivity contribution in [3.63, 3.8) is 0 Å². The van der Waals surface area contributed by atoms with Gasteiger partial charge in [0.05, 0.1) is 10.3 Å². The zero-order valence-corrected chi connectivity index (χ0v) is 15.6. The second kappa shape index (κ2) is 6.81. The number of nitrogens with one attached hydrogen (secondary N) is 4. The second-order valence-electron chi connectivity index (χ2n) is 7.57. The summed E-state index contributed by atoms with van der Waals surface area (Å²) in [5.41, 5.74) is 0.829. The molecule has 0 radical (unpaired) electrons. The van der Waals surface area contributed by atoms with Crippen LogP contribution in [0.25, 0.3) is 0 Å². The minimum absolute atomic E-state index is 0.0399. The summed E-state index contributed by atoms with van der Waals surface area (Å²) in [6.07, 6.45) is 3.02. The molecule has 0 aliphatic carbocycles. The van der Waals surface area contributed by atoms with Crippen molar-refractivity contribution >= 4 is 23.7 Å². The van der Waals surface area contributed by atoms with Gasteiger partial charge >= 0.3 is 6.03 Å². The van der Waals surface area contributed by atoms with Crippen molar-refractivity contribution in [2.45, 2.75) is 56.6 Å². The van der Waals surface area contributed by atoms with Crippen molar-refractivity contribution in [1.82, 2.24) is 26.2 Å². The molecule has 3 amide bonds. The molecule has 0 aromatic carbocycles. The van der Waals surface area contributed by atoms with Gasteiger partial charge in [0.25, 0.3) is 5.91 Å². The van der Waals surface area contributed by atoms with Gasteiger partial charge in [-0.15, -0.1) is 0 Å². The van der Waals surface area contributed by atoms with Gasteiger partial charge in [0, 0.05) is 36.3 Å². The summed E-state index contributed by atoms with van der Waals surface area (Å²) < 4.78 is 0. The number of thioether (sulfide) groups is 1. The zero-order chi connectivity index (χ0) is 17.6. The lowest BCUT2D eigenvalue weighted by molar-refractivity contribution is -0.117. The summed E-state index contributed by atoms with van der Waals surface area (Å²) in [6.45, 7) is 6.82. The van der Waals surface area contributed by atoms with Crippen molar-refractivity contribution in [1.29, 1.82) is 0 Å². The summed E-state index contributed by atoms with van der Waals surface area (Å²) in [5, 5.41) is 13.2. The SMILES string of the molecule is CC(C)N1C(=O)NC2=C(C(=O)N[C@@H]3CCCNC3)SC3NCCC1C23. The largest absolute Gasteiger partial charge is 0.348 e. The number of urea groups is 1. The van der Waals surface area contributed by atoms with Crippen LogP contribution in [-0.4, -0.2) is 60.0 Å². The summed E-state index contributed by atoms with van der Waals surface area (Å²) in [4.78, 5) is 28.2. The van der Waals surface area contributed by atoms with Crippen LogP contribution < -0.4 is 21.3 Å². The number of nitrogens with zero attached hydrogens (tertiary/aromatic N) is 1. The van der Waals surface area contributed by atoms with Crippen LogP contribution in [0.4, 0.5) is 4.79 Å². The summed E-state index contributed by atoms with van der Waals surface area (Å²) in [5.74, 6) is 0.131. The lowest BCUT2D eigenvalue weighted by Crippen LogP contribution is -2.63. The first-order chi connectivity index (χ1) is 12.1. The van der Waals surface area contributed by atoms with Gasteiger partial charge in [0.15, 0.2) is 0 Å². The fourth-order valence-corrected chi connectivity index (χ4v) is 5.88. The van der Waals surface area contributed by atoms with E-state index in [0.29, 0.717) is 4.91 Å². The maximum Gasteiger partial charge on any atom is 0.322 e. The molecule has 3 unspecified atom stereocenters. The predicted octanol–water partition coefficient (Wildman–Crippen LogP) is 0.551. The number of hydrogen-bond acceptors (Lipinski definition) is 5. The number of amides is 3. The number of piperidine rings is 2. The molecule has 4 heterocycles. The first kappa shape index (κ1) is 17.2. The molecule has 4 aliphatic heterocycles. The minimum atomic E-state index is -0.0703. The van der Waals surface area contributed by atoms with Gasteiger partial charge in [-0.05, 0) is 46.2 Å². The highest BCUT2D eigenvalue weighted by Gasteiger charge is 2.51. The van der Waals surface area contributed by atoms with Crippen LogP contribution in [0.2, 0.25) is 0 Å². The van der Waals surface area contributed by atoms with E-state index in [-0.39, 0.29) is 41.4 Å². The minimum Gasteiger partial charge on any atom is -0.348 e. The molecule has 0 bridgehead atoms. The monoisotopic (exact) mass is 365 g/mol. The van der Waals surface area contributed by atoms with E-state index in [2.05, 4.69) is 35.1 Å². The van der Waals surface area contributed by atoms with E-state index in [1.54, 1.807) is 11.8 Å². The lowest BCUT2D eigenvalue weighted by Gasteiger charge is -2.47. The molecule has 0 spiro atoms. The predicted molar refractivity (Wildman–Crippen MR) is 97.8 cm³/mol. The van der Waals surface area contributed by atoms with E-state index < -0.39 is 0 Å². The fourth-order valence-electron chi connectivity index (χ4n) is 4.48. The van der Waals surface area contributed by atoms with E-state index in [1.165, 1.54) is 0 Å². The molecule has 0 aromatic rings. The fraction of sp³-hybridized carbons (Fsp3) is 0.765. The molecule has 8 heteroatoms. The van der Waals surface area contributed by atoms with Gasteiger partial charge in [-0.25, -0.2) is 4.79 Å². The van der Waals surface area contributed by atoms with Crippen molar-refractivity contribution in [2.75, 3.05) is 19.6 Å². The molecule has 4 atom stereocenters. The van der Waals surface area contributed by atoms with Gasteiger partial charge in [0.1, 0.15) is 0 Å². The molecule has 4 aliphatic rings. The van der Waals surface area contributed by atoms with Crippen molar-refractivity contribution in [2.24, 2.45) is 5.92 Å². The highest BCUT2D eigenvalue weighted by molar-refractivity contribution is 8.04. The highest BCUT2D eigenvalue weighted by atomic mass is 32.2.